The molecule has 8 heteroatoms. The second-order valence-electron chi connectivity index (χ2n) is 8.15. The smallest absolute Gasteiger partial charge is 0.267 e. The Balaban J connectivity index is 1.46. The van der Waals surface area contributed by atoms with Crippen LogP contribution in [-0.4, -0.2) is 72.6 Å². The van der Waals surface area contributed by atoms with Crippen LogP contribution in [0.1, 0.15) is 12.2 Å². The lowest BCUT2D eigenvalue weighted by atomic mass is 10.2. The lowest BCUT2D eigenvalue weighted by Gasteiger charge is -2.28. The van der Waals surface area contributed by atoms with E-state index in [1.165, 1.54) is 0 Å². The normalized spacial score (nSPS) is 15.1. The molecular weight excluding hydrogens is 406 g/mol. The maximum atomic E-state index is 13.0. The molecule has 0 radical (unpaired) electrons. The van der Waals surface area contributed by atoms with Gasteiger partial charge in [-0.25, -0.2) is 9.97 Å². The van der Waals surface area contributed by atoms with Crippen molar-refractivity contribution in [1.82, 2.24) is 19.8 Å². The Labute approximate surface area is 188 Å². The number of nitrogens with zero attached hydrogens (tertiary/aromatic N) is 4. The van der Waals surface area contributed by atoms with E-state index in [0.717, 1.165) is 36.2 Å². The fourth-order valence-electron chi connectivity index (χ4n) is 3.61. The Kier molecular flexibility index (Phi) is 6.70. The van der Waals surface area contributed by atoms with Crippen LogP contribution in [-0.2, 0) is 11.3 Å². The van der Waals surface area contributed by atoms with Crippen LogP contribution in [0.15, 0.2) is 48.5 Å². The third kappa shape index (κ3) is 5.08. The fraction of sp³-hybridized carbons (Fsp3) is 0.375. The van der Waals surface area contributed by atoms with E-state index in [0.29, 0.717) is 17.3 Å². The molecule has 32 heavy (non-hydrogen) atoms. The number of hydrogen-bond donors (Lipinski definition) is 1. The minimum atomic E-state index is -0.695. The minimum Gasteiger partial charge on any atom is -0.485 e. The van der Waals surface area contributed by atoms with Crippen molar-refractivity contribution in [1.29, 1.82) is 0 Å². The first-order valence-electron chi connectivity index (χ1n) is 10.8. The molecule has 2 aromatic carbocycles. The van der Waals surface area contributed by atoms with Gasteiger partial charge < -0.3 is 24.6 Å². The van der Waals surface area contributed by atoms with E-state index in [2.05, 4.69) is 29.3 Å². The number of para-hydroxylation sites is 3. The number of aromatic nitrogens is 2. The van der Waals surface area contributed by atoms with Gasteiger partial charge in [0.25, 0.3) is 5.91 Å². The molecule has 0 spiro atoms. The summed E-state index contributed by atoms with van der Waals surface area (Å²) in [6, 6.07) is 15.3. The number of ether oxygens (including phenoxy) is 2. The molecule has 1 aliphatic heterocycles. The molecule has 0 aliphatic carbocycles. The van der Waals surface area contributed by atoms with Crippen LogP contribution >= 0.6 is 0 Å². The average Bonchev–Trinajstić information content (AvgIpc) is 2.80. The van der Waals surface area contributed by atoms with Crippen molar-refractivity contribution < 1.29 is 14.3 Å². The van der Waals surface area contributed by atoms with E-state index >= 15 is 0 Å². The van der Waals surface area contributed by atoms with E-state index in [1.807, 2.05) is 42.5 Å². The molecule has 2 heterocycles. The van der Waals surface area contributed by atoms with Crippen molar-refractivity contribution in [3.63, 3.8) is 0 Å². The van der Waals surface area contributed by atoms with E-state index in [-0.39, 0.29) is 19.1 Å². The molecule has 1 amide bonds. The van der Waals surface area contributed by atoms with Gasteiger partial charge in [0.15, 0.2) is 17.3 Å². The molecular formula is C24H29N5O3. The molecule has 1 N–H and O–H groups in total. The van der Waals surface area contributed by atoms with Crippen molar-refractivity contribution in [3.8, 4) is 11.5 Å². The van der Waals surface area contributed by atoms with Gasteiger partial charge in [-0.2, -0.15) is 0 Å². The van der Waals surface area contributed by atoms with Gasteiger partial charge in [0.2, 0.25) is 6.10 Å². The maximum absolute atomic E-state index is 13.0. The van der Waals surface area contributed by atoms with E-state index in [1.54, 1.807) is 18.0 Å². The second-order valence-corrected chi connectivity index (χ2v) is 8.15. The third-order valence-electron chi connectivity index (χ3n) is 5.26. The topological polar surface area (TPSA) is 79.8 Å². The van der Waals surface area contributed by atoms with Crippen LogP contribution in [0, 0.1) is 0 Å². The number of benzene rings is 2. The monoisotopic (exact) mass is 435 g/mol. The summed E-state index contributed by atoms with van der Waals surface area (Å²) >= 11 is 0. The van der Waals surface area contributed by atoms with Crippen LogP contribution in [0.2, 0.25) is 0 Å². The summed E-state index contributed by atoms with van der Waals surface area (Å²) in [5.41, 5.74) is 0.847. The zero-order chi connectivity index (χ0) is 22.5. The lowest BCUT2D eigenvalue weighted by molar-refractivity contribution is -0.140. The summed E-state index contributed by atoms with van der Waals surface area (Å²) in [7, 11) is 5.85. The number of hydrogen-bond acceptors (Lipinski definition) is 7. The van der Waals surface area contributed by atoms with Crippen molar-refractivity contribution in [2.24, 2.45) is 0 Å². The van der Waals surface area contributed by atoms with Gasteiger partial charge in [-0.05, 0) is 51.3 Å². The highest BCUT2D eigenvalue weighted by molar-refractivity contribution is 5.89. The van der Waals surface area contributed by atoms with Crippen molar-refractivity contribution in [2.45, 2.75) is 19.1 Å². The first-order valence-corrected chi connectivity index (χ1v) is 10.8. The molecule has 0 saturated carbocycles. The van der Waals surface area contributed by atoms with Gasteiger partial charge in [0.05, 0.1) is 12.1 Å². The standard InChI is InChI=1S/C24H29N5O3/c1-28(2)14-8-13-25-23-17-9-4-5-10-18(17)26-22(27-23)15-29(3)24(30)21-16-31-19-11-6-7-12-20(19)32-21/h4-7,9-12,21H,8,13-16H2,1-3H3,(H,25,26,27). The van der Waals surface area contributed by atoms with Gasteiger partial charge in [-0.15, -0.1) is 0 Å². The Morgan fingerprint density at radius 1 is 1.06 bits per heavy atom. The first-order chi connectivity index (χ1) is 15.5. The Hall–Kier alpha value is -3.39. The second kappa shape index (κ2) is 9.82. The Bertz CT molecular complexity index is 1090. The quantitative estimate of drug-likeness (QED) is 0.545. The zero-order valence-corrected chi connectivity index (χ0v) is 18.7. The SMILES string of the molecule is CN(C)CCCNc1nc(CN(C)C(=O)C2COc3ccccc3O2)nc2ccccc12. The number of amides is 1. The van der Waals surface area contributed by atoms with Crippen LogP contribution in [0.3, 0.4) is 0 Å². The highest BCUT2D eigenvalue weighted by atomic mass is 16.6. The van der Waals surface area contributed by atoms with Gasteiger partial charge in [0.1, 0.15) is 12.4 Å². The summed E-state index contributed by atoms with van der Waals surface area (Å²) in [6.07, 6.45) is 0.304. The fourth-order valence-corrected chi connectivity index (χ4v) is 3.61. The van der Waals surface area contributed by atoms with Crippen molar-refractivity contribution in [3.05, 3.63) is 54.4 Å². The van der Waals surface area contributed by atoms with Crippen LogP contribution in [0.4, 0.5) is 5.82 Å². The Morgan fingerprint density at radius 2 is 1.81 bits per heavy atom. The molecule has 0 saturated heterocycles. The van der Waals surface area contributed by atoms with Gasteiger partial charge in [0, 0.05) is 19.0 Å². The molecule has 4 rings (SSSR count). The largest absolute Gasteiger partial charge is 0.485 e. The Morgan fingerprint density at radius 3 is 2.62 bits per heavy atom. The maximum Gasteiger partial charge on any atom is 0.267 e. The number of fused-ring (bicyclic) bond motifs is 2. The van der Waals surface area contributed by atoms with E-state index < -0.39 is 6.10 Å². The number of nitrogens with one attached hydrogen (secondary N) is 1. The summed E-state index contributed by atoms with van der Waals surface area (Å²) in [6.45, 7) is 2.25. The minimum absolute atomic E-state index is 0.170. The molecule has 1 unspecified atom stereocenters. The number of anilines is 1. The van der Waals surface area contributed by atoms with E-state index in [4.69, 9.17) is 14.5 Å². The third-order valence-corrected chi connectivity index (χ3v) is 5.26. The molecule has 1 atom stereocenters. The number of likely N-dealkylation sites (N-methyl/N-ethyl adjacent to an activating group) is 1. The number of rotatable bonds is 8. The molecule has 0 fully saturated rings. The summed E-state index contributed by atoms with van der Waals surface area (Å²) in [5, 5.41) is 4.40. The molecule has 8 nitrogen and oxygen atoms in total. The molecule has 1 aromatic heterocycles. The van der Waals surface area contributed by atoms with Gasteiger partial charge in [-0.3, -0.25) is 4.79 Å². The summed E-state index contributed by atoms with van der Waals surface area (Å²) in [4.78, 5) is 26.1. The zero-order valence-electron chi connectivity index (χ0n) is 18.7. The van der Waals surface area contributed by atoms with Crippen LogP contribution in [0.25, 0.3) is 10.9 Å². The lowest BCUT2D eigenvalue weighted by Crippen LogP contribution is -2.44. The highest BCUT2D eigenvalue weighted by Crippen LogP contribution is 2.31. The predicted molar refractivity (Wildman–Crippen MR) is 124 cm³/mol. The molecule has 1 aliphatic rings. The van der Waals surface area contributed by atoms with E-state index in [9.17, 15) is 4.79 Å². The number of carbonyl (C=O) groups excluding carboxylic acids is 1. The van der Waals surface area contributed by atoms with Gasteiger partial charge in [-0.1, -0.05) is 24.3 Å². The molecule has 0 bridgehead atoms. The molecule has 3 aromatic rings. The molecule has 168 valence electrons. The predicted octanol–water partition coefficient (Wildman–Crippen LogP) is 2.79. The van der Waals surface area contributed by atoms with Crippen LogP contribution < -0.4 is 14.8 Å². The first kappa shape index (κ1) is 21.8. The van der Waals surface area contributed by atoms with Gasteiger partial charge >= 0.3 is 0 Å². The summed E-state index contributed by atoms with van der Waals surface area (Å²) < 4.78 is 11.5. The summed E-state index contributed by atoms with van der Waals surface area (Å²) in [5.74, 6) is 2.43. The number of carbonyl (C=O) groups is 1. The van der Waals surface area contributed by atoms with Crippen molar-refractivity contribution >= 4 is 22.6 Å². The highest BCUT2D eigenvalue weighted by Gasteiger charge is 2.30. The van der Waals surface area contributed by atoms with Crippen molar-refractivity contribution in [2.75, 3.05) is 46.2 Å². The van der Waals surface area contributed by atoms with Crippen LogP contribution in [0.5, 0.6) is 11.5 Å². The average molecular weight is 436 g/mol.